The zero-order valence-corrected chi connectivity index (χ0v) is 15.3. The highest BCUT2D eigenvalue weighted by atomic mass is 32.2. The van der Waals surface area contributed by atoms with Gasteiger partial charge in [0.15, 0.2) is 0 Å². The van der Waals surface area contributed by atoms with Crippen LogP contribution in [0.3, 0.4) is 0 Å². The summed E-state index contributed by atoms with van der Waals surface area (Å²) in [6.45, 7) is 1.58. The third-order valence-corrected chi connectivity index (χ3v) is 5.01. The second-order valence-electron chi connectivity index (χ2n) is 5.89. The molecule has 0 aliphatic carbocycles. The van der Waals surface area contributed by atoms with Crippen LogP contribution >= 0.6 is 11.8 Å². The molecule has 140 valence electrons. The van der Waals surface area contributed by atoms with E-state index in [1.165, 1.54) is 36.0 Å². The van der Waals surface area contributed by atoms with Crippen LogP contribution in [0, 0.1) is 12.7 Å². The summed E-state index contributed by atoms with van der Waals surface area (Å²) in [6.07, 6.45) is 0.182. The molecule has 27 heavy (non-hydrogen) atoms. The fraction of sp³-hybridized carbons (Fsp3) is 0.200. The number of carbonyl (C=O) groups is 1. The third-order valence-electron chi connectivity index (χ3n) is 4.00. The fourth-order valence-corrected chi connectivity index (χ4v) is 3.38. The van der Waals surface area contributed by atoms with Gasteiger partial charge in [-0.3, -0.25) is 4.79 Å². The summed E-state index contributed by atoms with van der Waals surface area (Å²) >= 11 is 1.43. The fourth-order valence-electron chi connectivity index (χ4n) is 2.55. The maximum absolute atomic E-state index is 12.9. The summed E-state index contributed by atoms with van der Waals surface area (Å²) < 4.78 is 23.3. The summed E-state index contributed by atoms with van der Waals surface area (Å²) in [5.41, 5.74) is 0.673. The van der Waals surface area contributed by atoms with Crippen molar-refractivity contribution in [2.24, 2.45) is 0 Å². The minimum Gasteiger partial charge on any atom is -0.508 e. The normalized spacial score (nSPS) is 10.9. The SMILES string of the molecule is Cc1c(O)ccc2c(COC(=O)CCSc3ccc(F)cc3)cc(=O)oc12. The second kappa shape index (κ2) is 8.26. The van der Waals surface area contributed by atoms with Crippen molar-refractivity contribution in [2.45, 2.75) is 24.8 Å². The lowest BCUT2D eigenvalue weighted by molar-refractivity contribution is -0.144. The highest BCUT2D eigenvalue weighted by molar-refractivity contribution is 7.99. The predicted octanol–water partition coefficient (Wildman–Crippen LogP) is 4.17. The highest BCUT2D eigenvalue weighted by Gasteiger charge is 2.12. The number of ether oxygens (including phenoxy) is 1. The zero-order chi connectivity index (χ0) is 19.4. The standard InChI is InChI=1S/C20H17FO5S/c1-12-17(22)7-6-16-13(10-19(24)26-20(12)16)11-25-18(23)8-9-27-15-4-2-14(21)3-5-15/h2-7,10,22H,8-9,11H2,1H3. The van der Waals surface area contributed by atoms with Gasteiger partial charge >= 0.3 is 11.6 Å². The van der Waals surface area contributed by atoms with Crippen molar-refractivity contribution in [1.29, 1.82) is 0 Å². The summed E-state index contributed by atoms with van der Waals surface area (Å²) in [7, 11) is 0. The number of carbonyl (C=O) groups excluding carboxylic acids is 1. The summed E-state index contributed by atoms with van der Waals surface area (Å²) in [5, 5.41) is 10.4. The Bertz CT molecular complexity index is 1030. The molecule has 0 aliphatic heterocycles. The van der Waals surface area contributed by atoms with Gasteiger partial charge in [0.05, 0.1) is 6.42 Å². The molecule has 1 N–H and O–H groups in total. The predicted molar refractivity (Wildman–Crippen MR) is 100 cm³/mol. The first-order chi connectivity index (χ1) is 12.9. The first-order valence-corrected chi connectivity index (χ1v) is 9.22. The molecule has 7 heteroatoms. The van der Waals surface area contributed by atoms with E-state index in [2.05, 4.69) is 0 Å². The quantitative estimate of drug-likeness (QED) is 0.388. The molecule has 3 aromatic rings. The number of thioether (sulfide) groups is 1. The molecule has 1 aromatic heterocycles. The Kier molecular flexibility index (Phi) is 5.81. The molecule has 0 amide bonds. The molecule has 0 saturated carbocycles. The van der Waals surface area contributed by atoms with E-state index in [0.717, 1.165) is 4.90 Å². The number of phenols is 1. The maximum atomic E-state index is 12.9. The number of esters is 1. The average molecular weight is 388 g/mol. The van der Waals surface area contributed by atoms with Crippen molar-refractivity contribution in [1.82, 2.24) is 0 Å². The molecular weight excluding hydrogens is 371 g/mol. The summed E-state index contributed by atoms with van der Waals surface area (Å²) in [5.74, 6) is -0.184. The second-order valence-corrected chi connectivity index (χ2v) is 7.06. The van der Waals surface area contributed by atoms with Crippen molar-refractivity contribution in [2.75, 3.05) is 5.75 Å². The molecule has 0 spiro atoms. The Morgan fingerprint density at radius 1 is 1.22 bits per heavy atom. The molecule has 3 rings (SSSR count). The number of rotatable bonds is 6. The van der Waals surface area contributed by atoms with E-state index in [1.807, 2.05) is 0 Å². The number of benzene rings is 2. The molecule has 1 heterocycles. The van der Waals surface area contributed by atoms with Crippen molar-refractivity contribution in [3.8, 4) is 5.75 Å². The molecule has 0 unspecified atom stereocenters. The minimum absolute atomic E-state index is 0.0256. The molecular formula is C20H17FO5S. The van der Waals surface area contributed by atoms with Crippen molar-refractivity contribution in [3.05, 3.63) is 69.8 Å². The number of phenolic OH excluding ortho intramolecular Hbond substituents is 1. The molecule has 0 bridgehead atoms. The van der Waals surface area contributed by atoms with Crippen LogP contribution < -0.4 is 5.63 Å². The molecule has 0 saturated heterocycles. The molecule has 0 radical (unpaired) electrons. The van der Waals surface area contributed by atoms with Gasteiger partial charge in [-0.05, 0) is 43.3 Å². The average Bonchev–Trinajstić information content (AvgIpc) is 2.65. The number of aryl methyl sites for hydroxylation is 1. The topological polar surface area (TPSA) is 76.7 Å². The van der Waals surface area contributed by atoms with Crippen LogP contribution in [0.15, 0.2) is 56.6 Å². The Morgan fingerprint density at radius 3 is 2.70 bits per heavy atom. The number of aromatic hydroxyl groups is 1. The summed E-state index contributed by atoms with van der Waals surface area (Å²) in [4.78, 5) is 24.6. The Morgan fingerprint density at radius 2 is 1.96 bits per heavy atom. The third kappa shape index (κ3) is 4.68. The molecule has 0 fully saturated rings. The van der Waals surface area contributed by atoms with Crippen molar-refractivity contribution < 1.29 is 23.4 Å². The van der Waals surface area contributed by atoms with Gasteiger partial charge in [-0.2, -0.15) is 0 Å². The van der Waals surface area contributed by atoms with Crippen LogP contribution in [-0.4, -0.2) is 16.8 Å². The molecule has 0 aliphatic rings. The lowest BCUT2D eigenvalue weighted by Gasteiger charge is -2.09. The molecule has 0 atom stereocenters. The first-order valence-electron chi connectivity index (χ1n) is 8.23. The van der Waals surface area contributed by atoms with E-state index in [-0.39, 0.29) is 30.2 Å². The van der Waals surface area contributed by atoms with Crippen LogP contribution in [0.5, 0.6) is 5.75 Å². The van der Waals surface area contributed by atoms with E-state index in [0.29, 0.717) is 22.3 Å². The Labute approximate surface area is 158 Å². The Balaban J connectivity index is 1.61. The van der Waals surface area contributed by atoms with Crippen molar-refractivity contribution >= 4 is 28.7 Å². The molecule has 2 aromatic carbocycles. The van der Waals surface area contributed by atoms with E-state index in [4.69, 9.17) is 9.15 Å². The number of hydrogen-bond acceptors (Lipinski definition) is 6. The van der Waals surface area contributed by atoms with Crippen LogP contribution in [-0.2, 0) is 16.1 Å². The zero-order valence-electron chi connectivity index (χ0n) is 14.5. The Hall–Kier alpha value is -2.80. The van der Waals surface area contributed by atoms with Gasteiger partial charge in [0, 0.05) is 33.2 Å². The monoisotopic (exact) mass is 388 g/mol. The number of halogens is 1. The van der Waals surface area contributed by atoms with Crippen LogP contribution in [0.4, 0.5) is 4.39 Å². The lowest BCUT2D eigenvalue weighted by Crippen LogP contribution is -2.08. The van der Waals surface area contributed by atoms with Gasteiger partial charge < -0.3 is 14.3 Å². The highest BCUT2D eigenvalue weighted by Crippen LogP contribution is 2.27. The van der Waals surface area contributed by atoms with E-state index in [9.17, 15) is 19.1 Å². The van der Waals surface area contributed by atoms with E-state index in [1.54, 1.807) is 25.1 Å². The first kappa shape index (κ1) is 19.0. The number of fused-ring (bicyclic) bond motifs is 1. The molecule has 5 nitrogen and oxygen atoms in total. The van der Waals surface area contributed by atoms with Crippen LogP contribution in [0.25, 0.3) is 11.0 Å². The van der Waals surface area contributed by atoms with Crippen molar-refractivity contribution in [3.63, 3.8) is 0 Å². The van der Waals surface area contributed by atoms with Gasteiger partial charge in [-0.15, -0.1) is 11.8 Å². The van der Waals surface area contributed by atoms with Gasteiger partial charge in [-0.1, -0.05) is 0 Å². The van der Waals surface area contributed by atoms with Gasteiger partial charge in [0.1, 0.15) is 23.8 Å². The number of hydrogen-bond donors (Lipinski definition) is 1. The largest absolute Gasteiger partial charge is 0.508 e. The van der Waals surface area contributed by atoms with Crippen LogP contribution in [0.1, 0.15) is 17.5 Å². The van der Waals surface area contributed by atoms with Gasteiger partial charge in [-0.25, -0.2) is 9.18 Å². The van der Waals surface area contributed by atoms with Gasteiger partial charge in [0.2, 0.25) is 0 Å². The lowest BCUT2D eigenvalue weighted by atomic mass is 10.1. The summed E-state index contributed by atoms with van der Waals surface area (Å²) in [6, 6.07) is 10.4. The van der Waals surface area contributed by atoms with E-state index >= 15 is 0 Å². The minimum atomic E-state index is -0.575. The van der Waals surface area contributed by atoms with Crippen LogP contribution in [0.2, 0.25) is 0 Å². The maximum Gasteiger partial charge on any atom is 0.336 e. The van der Waals surface area contributed by atoms with E-state index < -0.39 is 11.6 Å². The van der Waals surface area contributed by atoms with Gasteiger partial charge in [0.25, 0.3) is 0 Å². The smallest absolute Gasteiger partial charge is 0.336 e.